The monoisotopic (exact) mass is 423 g/mol. The quantitative estimate of drug-likeness (QED) is 0.292. The summed E-state index contributed by atoms with van der Waals surface area (Å²) in [6.07, 6.45) is 2.87. The molecule has 0 aliphatic heterocycles. The van der Waals surface area contributed by atoms with Gasteiger partial charge in [-0.05, 0) is 29.7 Å². The lowest BCUT2D eigenvalue weighted by molar-refractivity contribution is 0.582. The topological polar surface area (TPSA) is 39.8 Å². The van der Waals surface area contributed by atoms with Crippen LogP contribution in [0.25, 0.3) is 22.2 Å². The van der Waals surface area contributed by atoms with Gasteiger partial charge in [-0.15, -0.1) is 0 Å². The SMILES string of the molecule is CCCn1c(SCc2ccc(Cl)cc2)nc2c(-c3ccccc3)cn(C)c2c1=O. The number of hydrogen-bond donors (Lipinski definition) is 0. The van der Waals surface area contributed by atoms with E-state index in [-0.39, 0.29) is 5.56 Å². The molecule has 2 heterocycles. The van der Waals surface area contributed by atoms with Crippen molar-refractivity contribution < 1.29 is 0 Å². The Hall–Kier alpha value is -2.50. The smallest absolute Gasteiger partial charge is 0.278 e. The van der Waals surface area contributed by atoms with E-state index in [4.69, 9.17) is 16.6 Å². The van der Waals surface area contributed by atoms with Crippen LogP contribution in [0.4, 0.5) is 0 Å². The van der Waals surface area contributed by atoms with Crippen molar-refractivity contribution in [2.45, 2.75) is 30.8 Å². The molecule has 0 saturated heterocycles. The highest BCUT2D eigenvalue weighted by atomic mass is 35.5. The van der Waals surface area contributed by atoms with Crippen LogP contribution >= 0.6 is 23.4 Å². The maximum absolute atomic E-state index is 13.3. The highest BCUT2D eigenvalue weighted by molar-refractivity contribution is 7.98. The third-order valence-corrected chi connectivity index (χ3v) is 6.15. The molecule has 0 atom stereocenters. The van der Waals surface area contributed by atoms with E-state index in [0.717, 1.165) is 44.6 Å². The molecule has 0 spiro atoms. The third kappa shape index (κ3) is 3.98. The molecule has 2 aromatic carbocycles. The average molecular weight is 424 g/mol. The van der Waals surface area contributed by atoms with Crippen LogP contribution in [0.3, 0.4) is 0 Å². The molecule has 2 aromatic heterocycles. The molecule has 4 nitrogen and oxygen atoms in total. The number of aryl methyl sites for hydroxylation is 1. The van der Waals surface area contributed by atoms with Gasteiger partial charge in [-0.1, -0.05) is 72.8 Å². The molecule has 0 fully saturated rings. The molecule has 0 N–H and O–H groups in total. The van der Waals surface area contributed by atoms with Crippen LogP contribution in [0.15, 0.2) is 70.7 Å². The molecular formula is C23H22ClN3OS. The van der Waals surface area contributed by atoms with Gasteiger partial charge in [-0.25, -0.2) is 4.98 Å². The second-order valence-electron chi connectivity index (χ2n) is 6.98. The maximum Gasteiger partial charge on any atom is 0.278 e. The van der Waals surface area contributed by atoms with Crippen LogP contribution in [0.2, 0.25) is 5.02 Å². The summed E-state index contributed by atoms with van der Waals surface area (Å²) in [5.74, 6) is 0.729. The number of aromatic nitrogens is 3. The average Bonchev–Trinajstić information content (AvgIpc) is 3.07. The second kappa shape index (κ2) is 8.47. The molecule has 0 saturated carbocycles. The van der Waals surface area contributed by atoms with Gasteiger partial charge in [0.15, 0.2) is 5.16 Å². The van der Waals surface area contributed by atoms with E-state index in [1.807, 2.05) is 60.3 Å². The van der Waals surface area contributed by atoms with Crippen LogP contribution in [0, 0.1) is 0 Å². The lowest BCUT2D eigenvalue weighted by Gasteiger charge is -2.12. The number of thioether (sulfide) groups is 1. The summed E-state index contributed by atoms with van der Waals surface area (Å²) in [6, 6.07) is 17.9. The molecule has 29 heavy (non-hydrogen) atoms. The number of rotatable bonds is 6. The van der Waals surface area contributed by atoms with Crippen LogP contribution in [0.1, 0.15) is 18.9 Å². The lowest BCUT2D eigenvalue weighted by atomic mass is 10.1. The van der Waals surface area contributed by atoms with Gasteiger partial charge in [-0.3, -0.25) is 9.36 Å². The molecular weight excluding hydrogens is 402 g/mol. The fourth-order valence-electron chi connectivity index (χ4n) is 3.44. The minimum absolute atomic E-state index is 0.0140. The predicted molar refractivity (Wildman–Crippen MR) is 122 cm³/mol. The summed E-state index contributed by atoms with van der Waals surface area (Å²) in [7, 11) is 1.91. The number of halogens is 1. The van der Waals surface area contributed by atoms with Crippen LogP contribution in [-0.4, -0.2) is 14.1 Å². The van der Waals surface area contributed by atoms with Gasteiger partial charge < -0.3 is 4.57 Å². The zero-order valence-electron chi connectivity index (χ0n) is 16.4. The Morgan fingerprint density at radius 1 is 1.07 bits per heavy atom. The summed E-state index contributed by atoms with van der Waals surface area (Å²) in [5, 5.41) is 1.47. The summed E-state index contributed by atoms with van der Waals surface area (Å²) in [6.45, 7) is 2.72. The molecule has 148 valence electrons. The normalized spacial score (nSPS) is 11.3. The van der Waals surface area contributed by atoms with E-state index in [1.54, 1.807) is 16.3 Å². The van der Waals surface area contributed by atoms with E-state index in [9.17, 15) is 4.79 Å². The van der Waals surface area contributed by atoms with E-state index in [2.05, 4.69) is 19.1 Å². The van der Waals surface area contributed by atoms with Crippen molar-refractivity contribution in [3.05, 3.63) is 81.7 Å². The van der Waals surface area contributed by atoms with Crippen molar-refractivity contribution in [3.63, 3.8) is 0 Å². The zero-order valence-corrected chi connectivity index (χ0v) is 18.0. The van der Waals surface area contributed by atoms with Crippen molar-refractivity contribution in [1.29, 1.82) is 0 Å². The van der Waals surface area contributed by atoms with E-state index in [1.165, 1.54) is 0 Å². The Morgan fingerprint density at radius 3 is 2.48 bits per heavy atom. The fourth-order valence-corrected chi connectivity index (χ4v) is 4.54. The summed E-state index contributed by atoms with van der Waals surface area (Å²) in [4.78, 5) is 18.3. The minimum Gasteiger partial charge on any atom is -0.344 e. The molecule has 0 unspecified atom stereocenters. The molecule has 4 rings (SSSR count). The highest BCUT2D eigenvalue weighted by Crippen LogP contribution is 2.30. The second-order valence-corrected chi connectivity index (χ2v) is 8.36. The molecule has 6 heteroatoms. The standard InChI is InChI=1S/C23H22ClN3OS/c1-3-13-27-22(28)21-20(19(14-26(21)2)17-7-5-4-6-8-17)25-23(27)29-15-16-9-11-18(24)12-10-16/h4-12,14H,3,13,15H2,1-2H3. The Bertz CT molecular complexity index is 1200. The summed E-state index contributed by atoms with van der Waals surface area (Å²) < 4.78 is 3.70. The largest absolute Gasteiger partial charge is 0.344 e. The first-order chi connectivity index (χ1) is 14.1. The molecule has 0 aliphatic rings. The minimum atomic E-state index is 0.0140. The Balaban J connectivity index is 1.82. The van der Waals surface area contributed by atoms with Crippen LogP contribution in [0.5, 0.6) is 0 Å². The fraction of sp³-hybridized carbons (Fsp3) is 0.217. The lowest BCUT2D eigenvalue weighted by Crippen LogP contribution is -2.24. The van der Waals surface area contributed by atoms with E-state index in [0.29, 0.717) is 12.1 Å². The number of fused-ring (bicyclic) bond motifs is 1. The summed E-state index contributed by atoms with van der Waals surface area (Å²) in [5.41, 5.74) is 4.61. The first-order valence-electron chi connectivity index (χ1n) is 9.61. The van der Waals surface area contributed by atoms with Gasteiger partial charge in [0, 0.05) is 36.1 Å². The van der Waals surface area contributed by atoms with Gasteiger partial charge in [0.1, 0.15) is 11.0 Å². The van der Waals surface area contributed by atoms with Crippen molar-refractivity contribution in [3.8, 4) is 11.1 Å². The first kappa shape index (κ1) is 19.8. The molecule has 0 aliphatic carbocycles. The highest BCUT2D eigenvalue weighted by Gasteiger charge is 2.18. The van der Waals surface area contributed by atoms with E-state index < -0.39 is 0 Å². The Morgan fingerprint density at radius 2 is 1.79 bits per heavy atom. The van der Waals surface area contributed by atoms with Gasteiger partial charge in [0.25, 0.3) is 5.56 Å². The third-order valence-electron chi connectivity index (χ3n) is 4.85. The predicted octanol–water partition coefficient (Wildman–Crippen LogP) is 5.76. The Kier molecular flexibility index (Phi) is 5.79. The number of hydrogen-bond acceptors (Lipinski definition) is 3. The number of benzene rings is 2. The van der Waals surface area contributed by atoms with Crippen LogP contribution in [-0.2, 0) is 19.3 Å². The van der Waals surface area contributed by atoms with Gasteiger partial charge >= 0.3 is 0 Å². The Labute approximate surface area is 179 Å². The van der Waals surface area contributed by atoms with Crippen LogP contribution < -0.4 is 5.56 Å². The zero-order chi connectivity index (χ0) is 20.4. The molecule has 0 bridgehead atoms. The van der Waals surface area contributed by atoms with Crippen molar-refractivity contribution in [2.75, 3.05) is 0 Å². The van der Waals surface area contributed by atoms with Gasteiger partial charge in [-0.2, -0.15) is 0 Å². The van der Waals surface area contributed by atoms with Crippen molar-refractivity contribution in [2.24, 2.45) is 7.05 Å². The summed E-state index contributed by atoms with van der Waals surface area (Å²) >= 11 is 7.58. The van der Waals surface area contributed by atoms with E-state index >= 15 is 0 Å². The number of nitrogens with zero attached hydrogens (tertiary/aromatic N) is 3. The maximum atomic E-state index is 13.3. The molecule has 0 radical (unpaired) electrons. The molecule has 0 amide bonds. The molecule has 4 aromatic rings. The van der Waals surface area contributed by atoms with Crippen molar-refractivity contribution >= 4 is 34.4 Å². The van der Waals surface area contributed by atoms with Gasteiger partial charge in [0.05, 0.1) is 0 Å². The van der Waals surface area contributed by atoms with Gasteiger partial charge in [0.2, 0.25) is 0 Å². The van der Waals surface area contributed by atoms with Crippen molar-refractivity contribution in [1.82, 2.24) is 14.1 Å². The first-order valence-corrected chi connectivity index (χ1v) is 11.0.